The zero-order chi connectivity index (χ0) is 12.5. The number of likely N-dealkylation sites (tertiary alicyclic amines) is 1. The van der Waals surface area contributed by atoms with Crippen LogP contribution >= 0.6 is 0 Å². The van der Waals surface area contributed by atoms with Crippen molar-refractivity contribution in [2.45, 2.75) is 45.1 Å². The molecular weight excluding hydrogens is 216 g/mol. The van der Waals surface area contributed by atoms with Crippen LogP contribution in [0.4, 0.5) is 0 Å². The second-order valence-corrected chi connectivity index (χ2v) is 4.73. The van der Waals surface area contributed by atoms with E-state index in [1.54, 1.807) is 0 Å². The maximum absolute atomic E-state index is 11.9. The number of hydrogen-bond donors (Lipinski definition) is 1. The van der Waals surface area contributed by atoms with Crippen molar-refractivity contribution in [3.05, 3.63) is 0 Å². The first kappa shape index (κ1) is 14.5. The molecule has 0 saturated carbocycles. The Morgan fingerprint density at radius 3 is 3.00 bits per heavy atom. The van der Waals surface area contributed by atoms with Gasteiger partial charge in [-0.25, -0.2) is 0 Å². The van der Waals surface area contributed by atoms with E-state index in [9.17, 15) is 4.79 Å². The number of carbonyl (C=O) groups excluding carboxylic acids is 1. The molecule has 0 aromatic heterocycles. The minimum Gasteiger partial charge on any atom is -0.372 e. The SMILES string of the molecule is CCCCCOCC(=O)N1CCCC(NC)C1. The molecule has 1 N–H and O–H groups in total. The Morgan fingerprint density at radius 1 is 1.47 bits per heavy atom. The monoisotopic (exact) mass is 242 g/mol. The van der Waals surface area contributed by atoms with E-state index < -0.39 is 0 Å². The van der Waals surface area contributed by atoms with Crippen LogP contribution in [0.3, 0.4) is 0 Å². The molecule has 0 radical (unpaired) electrons. The second-order valence-electron chi connectivity index (χ2n) is 4.73. The number of likely N-dealkylation sites (N-methyl/N-ethyl adjacent to an activating group) is 1. The van der Waals surface area contributed by atoms with Gasteiger partial charge in [-0.15, -0.1) is 0 Å². The fourth-order valence-corrected chi connectivity index (χ4v) is 2.14. The molecule has 0 aromatic rings. The van der Waals surface area contributed by atoms with Gasteiger partial charge in [0.15, 0.2) is 0 Å². The van der Waals surface area contributed by atoms with Crippen molar-refractivity contribution in [3.8, 4) is 0 Å². The van der Waals surface area contributed by atoms with Crippen LogP contribution in [0.2, 0.25) is 0 Å². The molecule has 1 atom stereocenters. The number of nitrogens with zero attached hydrogens (tertiary/aromatic N) is 1. The van der Waals surface area contributed by atoms with E-state index in [1.165, 1.54) is 12.8 Å². The summed E-state index contributed by atoms with van der Waals surface area (Å²) in [6.07, 6.45) is 5.68. The van der Waals surface area contributed by atoms with E-state index in [0.29, 0.717) is 12.6 Å². The third-order valence-corrected chi connectivity index (χ3v) is 3.30. The van der Waals surface area contributed by atoms with Crippen LogP contribution in [-0.2, 0) is 9.53 Å². The minimum atomic E-state index is 0.140. The topological polar surface area (TPSA) is 41.6 Å². The Morgan fingerprint density at radius 2 is 2.29 bits per heavy atom. The predicted molar refractivity (Wildman–Crippen MR) is 69.0 cm³/mol. The summed E-state index contributed by atoms with van der Waals surface area (Å²) in [5.74, 6) is 0.140. The molecule has 0 spiro atoms. The molecule has 1 rings (SSSR count). The van der Waals surface area contributed by atoms with Crippen molar-refractivity contribution >= 4 is 5.91 Å². The van der Waals surface area contributed by atoms with E-state index in [1.807, 2.05) is 11.9 Å². The number of nitrogens with one attached hydrogen (secondary N) is 1. The van der Waals surface area contributed by atoms with Crippen molar-refractivity contribution in [2.24, 2.45) is 0 Å². The van der Waals surface area contributed by atoms with Gasteiger partial charge in [-0.2, -0.15) is 0 Å². The van der Waals surface area contributed by atoms with Gasteiger partial charge in [0.25, 0.3) is 0 Å². The zero-order valence-corrected chi connectivity index (χ0v) is 11.2. The maximum atomic E-state index is 11.9. The first-order chi connectivity index (χ1) is 8.27. The Balaban J connectivity index is 2.14. The average Bonchev–Trinajstić information content (AvgIpc) is 2.38. The number of piperidine rings is 1. The summed E-state index contributed by atoms with van der Waals surface area (Å²) in [6.45, 7) is 4.84. The smallest absolute Gasteiger partial charge is 0.248 e. The Hall–Kier alpha value is -0.610. The summed E-state index contributed by atoms with van der Waals surface area (Å²) in [7, 11) is 1.96. The fourth-order valence-electron chi connectivity index (χ4n) is 2.14. The van der Waals surface area contributed by atoms with Crippen LogP contribution in [-0.4, -0.2) is 50.2 Å². The fraction of sp³-hybridized carbons (Fsp3) is 0.923. The van der Waals surface area contributed by atoms with Gasteiger partial charge >= 0.3 is 0 Å². The standard InChI is InChI=1S/C13H26N2O2/c1-3-4-5-9-17-11-13(16)15-8-6-7-12(10-15)14-2/h12,14H,3-11H2,1-2H3. The first-order valence-electron chi connectivity index (χ1n) is 6.80. The lowest BCUT2D eigenvalue weighted by molar-refractivity contribution is -0.137. The molecule has 4 heteroatoms. The van der Waals surface area contributed by atoms with Gasteiger partial charge in [-0.1, -0.05) is 19.8 Å². The Kier molecular flexibility index (Phi) is 7.21. The predicted octanol–water partition coefficient (Wildman–Crippen LogP) is 1.40. The van der Waals surface area contributed by atoms with Gasteiger partial charge in [-0.3, -0.25) is 4.79 Å². The molecular formula is C13H26N2O2. The molecule has 1 heterocycles. The second kappa shape index (κ2) is 8.48. The van der Waals surface area contributed by atoms with Crippen LogP contribution in [0.15, 0.2) is 0 Å². The van der Waals surface area contributed by atoms with Crippen molar-refractivity contribution < 1.29 is 9.53 Å². The summed E-state index contributed by atoms with van der Waals surface area (Å²) in [5, 5.41) is 3.24. The van der Waals surface area contributed by atoms with E-state index in [-0.39, 0.29) is 12.5 Å². The summed E-state index contributed by atoms with van der Waals surface area (Å²) >= 11 is 0. The van der Waals surface area contributed by atoms with Crippen molar-refractivity contribution in [1.29, 1.82) is 0 Å². The van der Waals surface area contributed by atoms with Crippen LogP contribution in [0.25, 0.3) is 0 Å². The van der Waals surface area contributed by atoms with Crippen LogP contribution in [0.5, 0.6) is 0 Å². The van der Waals surface area contributed by atoms with E-state index >= 15 is 0 Å². The number of unbranched alkanes of at least 4 members (excludes halogenated alkanes) is 2. The Labute approximate surface area is 105 Å². The highest BCUT2D eigenvalue weighted by Crippen LogP contribution is 2.09. The van der Waals surface area contributed by atoms with Crippen LogP contribution in [0.1, 0.15) is 39.0 Å². The number of hydrogen-bond acceptors (Lipinski definition) is 3. The highest BCUT2D eigenvalue weighted by molar-refractivity contribution is 5.77. The summed E-state index contributed by atoms with van der Waals surface area (Å²) in [6, 6.07) is 0.452. The molecule has 0 aliphatic carbocycles. The van der Waals surface area contributed by atoms with E-state index in [2.05, 4.69) is 12.2 Å². The third kappa shape index (κ3) is 5.50. The lowest BCUT2D eigenvalue weighted by atomic mass is 10.1. The summed E-state index contributed by atoms with van der Waals surface area (Å²) in [5.41, 5.74) is 0. The third-order valence-electron chi connectivity index (χ3n) is 3.30. The van der Waals surface area contributed by atoms with Crippen molar-refractivity contribution in [1.82, 2.24) is 10.2 Å². The highest BCUT2D eigenvalue weighted by atomic mass is 16.5. The molecule has 17 heavy (non-hydrogen) atoms. The normalized spacial score (nSPS) is 20.6. The van der Waals surface area contributed by atoms with Crippen molar-refractivity contribution in [3.63, 3.8) is 0 Å². The summed E-state index contributed by atoms with van der Waals surface area (Å²) in [4.78, 5) is 13.8. The molecule has 1 aliphatic rings. The first-order valence-corrected chi connectivity index (χ1v) is 6.80. The number of rotatable bonds is 7. The molecule has 100 valence electrons. The van der Waals surface area contributed by atoms with E-state index in [0.717, 1.165) is 32.4 Å². The molecule has 1 aliphatic heterocycles. The molecule has 4 nitrogen and oxygen atoms in total. The number of ether oxygens (including phenoxy) is 1. The number of amides is 1. The highest BCUT2D eigenvalue weighted by Gasteiger charge is 2.22. The molecule has 0 bridgehead atoms. The quantitative estimate of drug-likeness (QED) is 0.686. The van der Waals surface area contributed by atoms with Gasteiger partial charge in [0.05, 0.1) is 0 Å². The summed E-state index contributed by atoms with van der Waals surface area (Å²) < 4.78 is 5.41. The van der Waals surface area contributed by atoms with Gasteiger partial charge in [-0.05, 0) is 26.3 Å². The van der Waals surface area contributed by atoms with Crippen LogP contribution < -0.4 is 5.32 Å². The zero-order valence-electron chi connectivity index (χ0n) is 11.2. The van der Waals surface area contributed by atoms with Crippen molar-refractivity contribution in [2.75, 3.05) is 33.4 Å². The average molecular weight is 242 g/mol. The van der Waals surface area contributed by atoms with Crippen LogP contribution in [0, 0.1) is 0 Å². The number of carbonyl (C=O) groups is 1. The van der Waals surface area contributed by atoms with Gasteiger partial charge in [0.2, 0.25) is 5.91 Å². The van der Waals surface area contributed by atoms with Gasteiger partial charge in [0, 0.05) is 25.7 Å². The minimum absolute atomic E-state index is 0.140. The van der Waals surface area contributed by atoms with Gasteiger partial charge < -0.3 is 15.0 Å². The van der Waals surface area contributed by atoms with Gasteiger partial charge in [0.1, 0.15) is 6.61 Å². The maximum Gasteiger partial charge on any atom is 0.248 e. The van der Waals surface area contributed by atoms with E-state index in [4.69, 9.17) is 4.74 Å². The largest absolute Gasteiger partial charge is 0.372 e. The molecule has 1 saturated heterocycles. The molecule has 1 amide bonds. The lowest BCUT2D eigenvalue weighted by Crippen LogP contribution is -2.48. The Bertz CT molecular complexity index is 221. The molecule has 1 unspecified atom stereocenters. The lowest BCUT2D eigenvalue weighted by Gasteiger charge is -2.32. The molecule has 0 aromatic carbocycles. The molecule has 1 fully saturated rings.